The molecule has 2 N–H and O–H groups in total. The number of nitrogens with two attached hydrogens (primary N) is 1. The van der Waals surface area contributed by atoms with Crippen molar-refractivity contribution in [1.29, 1.82) is 0 Å². The minimum atomic E-state index is 0.789. The van der Waals surface area contributed by atoms with E-state index in [1.165, 1.54) is 25.7 Å². The first-order valence-electron chi connectivity index (χ1n) is 6.35. The Morgan fingerprint density at radius 3 is 2.76 bits per heavy atom. The fraction of sp³-hybridized carbons (Fsp3) is 0.571. The normalized spacial score (nSPS) is 12.6. The Morgan fingerprint density at radius 2 is 2.12 bits per heavy atom. The lowest BCUT2D eigenvalue weighted by Crippen LogP contribution is -2.02. The predicted octanol–water partition coefficient (Wildman–Crippen LogP) is 5.23. The highest BCUT2D eigenvalue weighted by Crippen LogP contribution is 2.31. The van der Waals surface area contributed by atoms with Crippen molar-refractivity contribution < 1.29 is 0 Å². The highest BCUT2D eigenvalue weighted by atomic mass is 35.5. The van der Waals surface area contributed by atoms with Crippen LogP contribution in [0.3, 0.4) is 0 Å². The lowest BCUT2D eigenvalue weighted by atomic mass is 10.0. The lowest BCUT2D eigenvalue weighted by molar-refractivity contribution is 0.499. The third-order valence-corrected chi connectivity index (χ3v) is 4.70. The number of anilines is 1. The van der Waals surface area contributed by atoms with Crippen LogP contribution in [-0.2, 0) is 0 Å². The fourth-order valence-corrected chi connectivity index (χ4v) is 3.26. The predicted molar refractivity (Wildman–Crippen MR) is 79.9 cm³/mol. The number of benzene rings is 1. The molecule has 1 aromatic rings. The Kier molecular flexibility index (Phi) is 6.83. The summed E-state index contributed by atoms with van der Waals surface area (Å²) in [5.74, 6) is 1.93. The van der Waals surface area contributed by atoms with Crippen molar-refractivity contribution in [3.05, 3.63) is 23.2 Å². The van der Waals surface area contributed by atoms with Crippen LogP contribution in [0.4, 0.5) is 5.69 Å². The molecule has 0 aliphatic rings. The number of hydrogen-bond donors (Lipinski definition) is 1. The van der Waals surface area contributed by atoms with E-state index in [0.717, 1.165) is 27.3 Å². The number of hydrogen-bond acceptors (Lipinski definition) is 2. The molecule has 1 rings (SSSR count). The number of nitrogen functional groups attached to an aromatic ring is 1. The van der Waals surface area contributed by atoms with Gasteiger partial charge in [0.1, 0.15) is 0 Å². The molecule has 0 amide bonds. The van der Waals surface area contributed by atoms with E-state index in [2.05, 4.69) is 13.8 Å². The molecular weight excluding hydrogens is 250 g/mol. The minimum Gasteiger partial charge on any atom is -0.399 e. The second-order valence-electron chi connectivity index (χ2n) is 4.42. The van der Waals surface area contributed by atoms with Crippen LogP contribution in [0.5, 0.6) is 0 Å². The summed E-state index contributed by atoms with van der Waals surface area (Å²) in [6.45, 7) is 4.51. The third-order valence-electron chi connectivity index (χ3n) is 2.97. The van der Waals surface area contributed by atoms with Gasteiger partial charge in [0.05, 0.1) is 5.02 Å². The number of halogens is 1. The highest BCUT2D eigenvalue weighted by molar-refractivity contribution is 7.99. The van der Waals surface area contributed by atoms with E-state index < -0.39 is 0 Å². The summed E-state index contributed by atoms with van der Waals surface area (Å²) >= 11 is 7.98. The van der Waals surface area contributed by atoms with Gasteiger partial charge in [0.25, 0.3) is 0 Å². The molecule has 3 heteroatoms. The van der Waals surface area contributed by atoms with Crippen molar-refractivity contribution in [2.24, 2.45) is 5.92 Å². The summed E-state index contributed by atoms with van der Waals surface area (Å²) in [5, 5.41) is 0.814. The largest absolute Gasteiger partial charge is 0.399 e. The molecule has 1 atom stereocenters. The zero-order valence-corrected chi connectivity index (χ0v) is 12.3. The highest BCUT2D eigenvalue weighted by Gasteiger charge is 2.08. The molecule has 0 radical (unpaired) electrons. The van der Waals surface area contributed by atoms with Crippen LogP contribution in [0.25, 0.3) is 0 Å². The molecule has 0 aliphatic heterocycles. The first-order chi connectivity index (χ1) is 8.17. The minimum absolute atomic E-state index is 0.789. The van der Waals surface area contributed by atoms with Crippen LogP contribution in [-0.4, -0.2) is 5.75 Å². The van der Waals surface area contributed by atoms with Crippen molar-refractivity contribution in [3.63, 3.8) is 0 Å². The molecule has 17 heavy (non-hydrogen) atoms. The molecular formula is C14H22ClNS. The Hall–Kier alpha value is -0.340. The molecule has 96 valence electrons. The topological polar surface area (TPSA) is 26.0 Å². The molecule has 1 nitrogen and oxygen atoms in total. The van der Waals surface area contributed by atoms with Crippen molar-refractivity contribution in [2.75, 3.05) is 11.5 Å². The zero-order chi connectivity index (χ0) is 12.7. The first-order valence-corrected chi connectivity index (χ1v) is 7.71. The van der Waals surface area contributed by atoms with Gasteiger partial charge in [0.2, 0.25) is 0 Å². The molecule has 0 aliphatic carbocycles. The van der Waals surface area contributed by atoms with E-state index in [9.17, 15) is 0 Å². The SMILES string of the molecule is CCCCC(CC)CSc1cc(N)ccc1Cl. The summed E-state index contributed by atoms with van der Waals surface area (Å²) in [6.07, 6.45) is 5.16. The van der Waals surface area contributed by atoms with Crippen LogP contribution < -0.4 is 5.73 Å². The summed E-state index contributed by atoms with van der Waals surface area (Å²) < 4.78 is 0. The van der Waals surface area contributed by atoms with Gasteiger partial charge in [-0.05, 0) is 30.5 Å². The average Bonchev–Trinajstić information content (AvgIpc) is 2.33. The summed E-state index contributed by atoms with van der Waals surface area (Å²) in [5.41, 5.74) is 6.56. The monoisotopic (exact) mass is 271 g/mol. The van der Waals surface area contributed by atoms with Crippen LogP contribution in [0.1, 0.15) is 39.5 Å². The first kappa shape index (κ1) is 14.7. The Bertz CT molecular complexity index is 341. The number of rotatable bonds is 7. The van der Waals surface area contributed by atoms with Gasteiger partial charge in [-0.25, -0.2) is 0 Å². The van der Waals surface area contributed by atoms with Gasteiger partial charge in [-0.1, -0.05) is 44.7 Å². The number of unbranched alkanes of at least 4 members (excludes halogenated alkanes) is 1. The van der Waals surface area contributed by atoms with E-state index in [1.54, 1.807) is 0 Å². The van der Waals surface area contributed by atoms with Crippen LogP contribution in [0, 0.1) is 5.92 Å². The molecule has 0 saturated carbocycles. The molecule has 0 aromatic heterocycles. The fourth-order valence-electron chi connectivity index (χ4n) is 1.74. The van der Waals surface area contributed by atoms with Crippen LogP contribution in [0.15, 0.2) is 23.1 Å². The Labute approximate surface area is 114 Å². The quantitative estimate of drug-likeness (QED) is 0.543. The second-order valence-corrected chi connectivity index (χ2v) is 5.89. The molecule has 0 fully saturated rings. The average molecular weight is 272 g/mol. The Morgan fingerprint density at radius 1 is 1.35 bits per heavy atom. The smallest absolute Gasteiger partial charge is 0.0543 e. The molecule has 1 unspecified atom stereocenters. The van der Waals surface area contributed by atoms with E-state index in [1.807, 2.05) is 30.0 Å². The summed E-state index contributed by atoms with van der Waals surface area (Å²) in [7, 11) is 0. The van der Waals surface area contributed by atoms with Gasteiger partial charge in [-0.3, -0.25) is 0 Å². The van der Waals surface area contributed by atoms with Crippen molar-refractivity contribution >= 4 is 29.1 Å². The van der Waals surface area contributed by atoms with Gasteiger partial charge < -0.3 is 5.73 Å². The van der Waals surface area contributed by atoms with Crippen LogP contribution >= 0.6 is 23.4 Å². The maximum Gasteiger partial charge on any atom is 0.0543 e. The van der Waals surface area contributed by atoms with Crippen molar-refractivity contribution in [1.82, 2.24) is 0 Å². The summed E-state index contributed by atoms with van der Waals surface area (Å²) in [6, 6.07) is 5.70. The molecule has 1 aromatic carbocycles. The molecule has 0 spiro atoms. The third kappa shape index (κ3) is 5.22. The van der Waals surface area contributed by atoms with E-state index in [0.29, 0.717) is 0 Å². The maximum atomic E-state index is 6.15. The standard InChI is InChI=1S/C14H22ClNS/c1-3-5-6-11(4-2)10-17-14-9-12(16)7-8-13(14)15/h7-9,11H,3-6,10,16H2,1-2H3. The van der Waals surface area contributed by atoms with Gasteiger partial charge in [-0.2, -0.15) is 0 Å². The Balaban J connectivity index is 2.50. The lowest BCUT2D eigenvalue weighted by Gasteiger charge is -2.14. The molecule has 0 heterocycles. The van der Waals surface area contributed by atoms with E-state index >= 15 is 0 Å². The van der Waals surface area contributed by atoms with Crippen LogP contribution in [0.2, 0.25) is 5.02 Å². The van der Waals surface area contributed by atoms with Gasteiger partial charge in [-0.15, -0.1) is 11.8 Å². The summed E-state index contributed by atoms with van der Waals surface area (Å²) in [4.78, 5) is 1.11. The molecule has 0 bridgehead atoms. The van der Waals surface area contributed by atoms with E-state index in [4.69, 9.17) is 17.3 Å². The van der Waals surface area contributed by atoms with Gasteiger partial charge in [0.15, 0.2) is 0 Å². The maximum absolute atomic E-state index is 6.15. The zero-order valence-electron chi connectivity index (χ0n) is 10.7. The van der Waals surface area contributed by atoms with Crippen molar-refractivity contribution in [2.45, 2.75) is 44.4 Å². The molecule has 0 saturated heterocycles. The van der Waals surface area contributed by atoms with E-state index in [-0.39, 0.29) is 0 Å². The van der Waals surface area contributed by atoms with Gasteiger partial charge >= 0.3 is 0 Å². The van der Waals surface area contributed by atoms with Gasteiger partial charge in [0, 0.05) is 16.3 Å². The van der Waals surface area contributed by atoms with Crippen molar-refractivity contribution in [3.8, 4) is 0 Å². The second kappa shape index (κ2) is 7.88. The number of thioether (sulfide) groups is 1.